The summed E-state index contributed by atoms with van der Waals surface area (Å²) < 4.78 is 52.0. The first-order valence-corrected chi connectivity index (χ1v) is 6.95. The molecule has 0 N–H and O–H groups in total. The molecule has 0 aliphatic heterocycles. The third kappa shape index (κ3) is 2.67. The zero-order valence-corrected chi connectivity index (χ0v) is 11.3. The molecule has 4 heteroatoms. The molecular weight excluding hydrogens is 280 g/mol. The van der Waals surface area contributed by atoms with Crippen molar-refractivity contribution in [3.63, 3.8) is 0 Å². The Hall–Kier alpha value is -1.84. The fourth-order valence-corrected chi connectivity index (χ4v) is 2.94. The summed E-state index contributed by atoms with van der Waals surface area (Å²) in [6.45, 7) is 0. The maximum atomic E-state index is 14.1. The maximum Gasteiger partial charge on any atom is 0.416 e. The summed E-state index contributed by atoms with van der Waals surface area (Å²) in [5.74, 6) is -0.816. The van der Waals surface area contributed by atoms with E-state index >= 15 is 0 Å². The topological polar surface area (TPSA) is 0 Å². The van der Waals surface area contributed by atoms with Crippen LogP contribution in [0.2, 0.25) is 0 Å². The second-order valence-electron chi connectivity index (χ2n) is 5.34. The van der Waals surface area contributed by atoms with Crippen LogP contribution < -0.4 is 0 Å². The van der Waals surface area contributed by atoms with E-state index in [4.69, 9.17) is 0 Å². The number of rotatable bonds is 1. The number of hydrogen-bond donors (Lipinski definition) is 0. The average molecular weight is 294 g/mol. The Morgan fingerprint density at radius 1 is 0.857 bits per heavy atom. The molecule has 21 heavy (non-hydrogen) atoms. The molecule has 110 valence electrons. The van der Waals surface area contributed by atoms with Crippen molar-refractivity contribution in [1.82, 2.24) is 0 Å². The molecule has 0 fully saturated rings. The molecular formula is C17H14F4. The fourth-order valence-electron chi connectivity index (χ4n) is 2.94. The number of aryl methyl sites for hydroxylation is 1. The lowest BCUT2D eigenvalue weighted by molar-refractivity contribution is -0.137. The summed E-state index contributed by atoms with van der Waals surface area (Å²) in [7, 11) is 0. The van der Waals surface area contributed by atoms with Crippen molar-refractivity contribution < 1.29 is 17.6 Å². The monoisotopic (exact) mass is 294 g/mol. The highest BCUT2D eigenvalue weighted by molar-refractivity contribution is 5.70. The van der Waals surface area contributed by atoms with E-state index in [-0.39, 0.29) is 5.56 Å². The minimum atomic E-state index is -4.52. The fraction of sp³-hybridized carbons (Fsp3) is 0.294. The van der Waals surface area contributed by atoms with Crippen LogP contribution in [0.3, 0.4) is 0 Å². The van der Waals surface area contributed by atoms with Crippen molar-refractivity contribution in [2.45, 2.75) is 31.9 Å². The highest BCUT2D eigenvalue weighted by Crippen LogP contribution is 2.36. The Morgan fingerprint density at radius 3 is 2.33 bits per heavy atom. The Kier molecular flexibility index (Phi) is 3.47. The van der Waals surface area contributed by atoms with Gasteiger partial charge in [0.25, 0.3) is 0 Å². The Morgan fingerprint density at radius 2 is 1.62 bits per heavy atom. The smallest absolute Gasteiger partial charge is 0.206 e. The van der Waals surface area contributed by atoms with Crippen LogP contribution >= 0.6 is 0 Å². The average Bonchev–Trinajstić information content (AvgIpc) is 2.46. The summed E-state index contributed by atoms with van der Waals surface area (Å²) in [6, 6.07) is 8.41. The first-order chi connectivity index (χ1) is 9.97. The van der Waals surface area contributed by atoms with Gasteiger partial charge in [-0.15, -0.1) is 0 Å². The van der Waals surface area contributed by atoms with Gasteiger partial charge < -0.3 is 0 Å². The summed E-state index contributed by atoms with van der Waals surface area (Å²) in [4.78, 5) is 0. The predicted molar refractivity (Wildman–Crippen MR) is 73.5 cm³/mol. The van der Waals surface area contributed by atoms with Crippen molar-refractivity contribution in [3.05, 3.63) is 58.9 Å². The minimum Gasteiger partial charge on any atom is -0.206 e. The molecule has 0 saturated heterocycles. The first kappa shape index (κ1) is 14.1. The van der Waals surface area contributed by atoms with Gasteiger partial charge >= 0.3 is 6.18 Å². The van der Waals surface area contributed by atoms with Gasteiger partial charge in [-0.25, -0.2) is 4.39 Å². The second kappa shape index (κ2) is 5.17. The van der Waals surface area contributed by atoms with Gasteiger partial charge in [0.2, 0.25) is 0 Å². The molecule has 0 heterocycles. The lowest BCUT2D eigenvalue weighted by Gasteiger charge is -2.20. The van der Waals surface area contributed by atoms with E-state index < -0.39 is 17.6 Å². The van der Waals surface area contributed by atoms with E-state index in [0.717, 1.165) is 42.9 Å². The molecule has 0 nitrogen and oxygen atoms in total. The first-order valence-electron chi connectivity index (χ1n) is 6.95. The van der Waals surface area contributed by atoms with E-state index in [0.29, 0.717) is 6.07 Å². The molecule has 0 amide bonds. The molecule has 0 aromatic heterocycles. The number of benzene rings is 2. The van der Waals surface area contributed by atoms with Crippen LogP contribution in [-0.2, 0) is 19.0 Å². The lowest BCUT2D eigenvalue weighted by atomic mass is 9.85. The van der Waals surface area contributed by atoms with Gasteiger partial charge in [0.05, 0.1) is 5.56 Å². The van der Waals surface area contributed by atoms with E-state index in [1.807, 2.05) is 12.1 Å². The van der Waals surface area contributed by atoms with Crippen LogP contribution in [0.4, 0.5) is 17.6 Å². The number of hydrogen-bond acceptors (Lipinski definition) is 0. The molecule has 3 rings (SSSR count). The largest absolute Gasteiger partial charge is 0.416 e. The van der Waals surface area contributed by atoms with Crippen LogP contribution in [0.15, 0.2) is 36.4 Å². The standard InChI is InChI=1S/C17H14F4/c18-16-10-12(17(19,20)21)8-9-15(16)14-7-3-5-11-4-1-2-6-13(11)14/h3,5,7-10H,1-2,4,6H2. The van der Waals surface area contributed by atoms with Gasteiger partial charge in [-0.3, -0.25) is 0 Å². The Labute approximate surface area is 120 Å². The van der Waals surface area contributed by atoms with Gasteiger partial charge in [0.15, 0.2) is 0 Å². The van der Waals surface area contributed by atoms with Gasteiger partial charge in [0, 0.05) is 5.56 Å². The van der Waals surface area contributed by atoms with Crippen LogP contribution in [0, 0.1) is 5.82 Å². The number of fused-ring (bicyclic) bond motifs is 1. The van der Waals surface area contributed by atoms with Gasteiger partial charge in [-0.1, -0.05) is 24.3 Å². The molecule has 2 aromatic rings. The Balaban J connectivity index is 2.10. The van der Waals surface area contributed by atoms with Crippen LogP contribution in [0.5, 0.6) is 0 Å². The lowest BCUT2D eigenvalue weighted by Crippen LogP contribution is -2.07. The maximum absolute atomic E-state index is 14.1. The van der Waals surface area contributed by atoms with Crippen molar-refractivity contribution in [2.75, 3.05) is 0 Å². The van der Waals surface area contributed by atoms with Gasteiger partial charge in [0.1, 0.15) is 5.82 Å². The molecule has 0 spiro atoms. The number of alkyl halides is 3. The van der Waals surface area contributed by atoms with Crippen molar-refractivity contribution in [1.29, 1.82) is 0 Å². The molecule has 2 aromatic carbocycles. The predicted octanol–water partition coefficient (Wildman–Crippen LogP) is 5.39. The van der Waals surface area contributed by atoms with Crippen molar-refractivity contribution in [3.8, 4) is 11.1 Å². The van der Waals surface area contributed by atoms with Crippen LogP contribution in [0.1, 0.15) is 29.5 Å². The van der Waals surface area contributed by atoms with Crippen LogP contribution in [-0.4, -0.2) is 0 Å². The third-order valence-corrected chi connectivity index (χ3v) is 3.98. The quantitative estimate of drug-likeness (QED) is 0.618. The zero-order chi connectivity index (χ0) is 15.0. The normalized spacial score (nSPS) is 14.9. The molecule has 0 radical (unpaired) electrons. The summed E-state index contributed by atoms with van der Waals surface area (Å²) in [5, 5.41) is 0. The molecule has 0 bridgehead atoms. The van der Waals surface area contributed by atoms with Crippen molar-refractivity contribution in [2.24, 2.45) is 0 Å². The van der Waals surface area contributed by atoms with E-state index in [1.54, 1.807) is 6.07 Å². The summed E-state index contributed by atoms with van der Waals surface area (Å²) in [5.41, 5.74) is 2.27. The van der Waals surface area contributed by atoms with Gasteiger partial charge in [-0.2, -0.15) is 13.2 Å². The van der Waals surface area contributed by atoms with E-state index in [2.05, 4.69) is 0 Å². The van der Waals surface area contributed by atoms with E-state index in [1.165, 1.54) is 11.6 Å². The highest BCUT2D eigenvalue weighted by Gasteiger charge is 2.31. The molecule has 0 atom stereocenters. The third-order valence-electron chi connectivity index (χ3n) is 3.98. The van der Waals surface area contributed by atoms with Gasteiger partial charge in [-0.05, 0) is 54.5 Å². The zero-order valence-electron chi connectivity index (χ0n) is 11.3. The SMILES string of the molecule is Fc1cc(C(F)(F)F)ccc1-c1cccc2c1CCCC2. The van der Waals surface area contributed by atoms with E-state index in [9.17, 15) is 17.6 Å². The molecule has 1 aliphatic carbocycles. The summed E-state index contributed by atoms with van der Waals surface area (Å²) in [6.07, 6.45) is -0.578. The second-order valence-corrected chi connectivity index (χ2v) is 5.34. The molecule has 1 aliphatic rings. The highest BCUT2D eigenvalue weighted by atomic mass is 19.4. The number of halogens is 4. The Bertz CT molecular complexity index is 671. The summed E-state index contributed by atoms with van der Waals surface area (Å²) >= 11 is 0. The molecule has 0 unspecified atom stereocenters. The van der Waals surface area contributed by atoms with Crippen molar-refractivity contribution >= 4 is 0 Å². The molecule has 0 saturated carbocycles. The van der Waals surface area contributed by atoms with Crippen LogP contribution in [0.25, 0.3) is 11.1 Å². The minimum absolute atomic E-state index is 0.252.